The third-order valence-electron chi connectivity index (χ3n) is 6.48. The lowest BCUT2D eigenvalue weighted by Gasteiger charge is -2.37. The van der Waals surface area contributed by atoms with Crippen molar-refractivity contribution in [2.45, 2.75) is 66.3 Å². The van der Waals surface area contributed by atoms with Gasteiger partial charge in [0.15, 0.2) is 0 Å². The highest BCUT2D eigenvalue weighted by atomic mass is 16.2. The summed E-state index contributed by atoms with van der Waals surface area (Å²) in [6.45, 7) is 15.6. The zero-order valence-corrected chi connectivity index (χ0v) is 18.3. The van der Waals surface area contributed by atoms with Crippen molar-refractivity contribution < 1.29 is 9.69 Å². The minimum Gasteiger partial charge on any atom is -0.345 e. The largest absolute Gasteiger partial charge is 0.345 e. The molecule has 0 bridgehead atoms. The van der Waals surface area contributed by atoms with Gasteiger partial charge in [0.25, 0.3) is 0 Å². The van der Waals surface area contributed by atoms with Crippen LogP contribution < -0.4 is 9.80 Å². The zero-order chi connectivity index (χ0) is 20.1. The molecule has 28 heavy (non-hydrogen) atoms. The fourth-order valence-electron chi connectivity index (χ4n) is 4.57. The molecule has 2 aliphatic rings. The first-order valence-electron chi connectivity index (χ1n) is 11.3. The van der Waals surface area contributed by atoms with Crippen molar-refractivity contribution in [2.24, 2.45) is 5.92 Å². The van der Waals surface area contributed by atoms with Crippen molar-refractivity contribution in [3.8, 4) is 0 Å². The van der Waals surface area contributed by atoms with Crippen molar-refractivity contribution in [3.63, 3.8) is 0 Å². The number of hydrogen-bond donors (Lipinski definition) is 1. The number of unbranched alkanes of at least 4 members (excludes halogenated alkanes) is 1. The summed E-state index contributed by atoms with van der Waals surface area (Å²) in [4.78, 5) is 28.9. The van der Waals surface area contributed by atoms with Crippen LogP contribution in [0, 0.1) is 12.8 Å². The van der Waals surface area contributed by atoms with Crippen LogP contribution in [0.5, 0.6) is 0 Å². The highest BCUT2D eigenvalue weighted by molar-refractivity contribution is 5.79. The molecule has 0 aliphatic carbocycles. The van der Waals surface area contributed by atoms with Crippen LogP contribution in [0.3, 0.4) is 0 Å². The molecule has 1 amide bonds. The molecule has 3 rings (SSSR count). The molecule has 6 heteroatoms. The predicted octanol–water partition coefficient (Wildman–Crippen LogP) is 1.61. The second kappa shape index (κ2) is 9.68. The highest BCUT2D eigenvalue weighted by Crippen LogP contribution is 2.28. The predicted molar refractivity (Wildman–Crippen MR) is 113 cm³/mol. The molecule has 1 N–H and O–H groups in total. The third-order valence-corrected chi connectivity index (χ3v) is 6.48. The Hall–Kier alpha value is -1.69. The van der Waals surface area contributed by atoms with Gasteiger partial charge in [-0.1, -0.05) is 26.7 Å². The average Bonchev–Trinajstić information content (AvgIpc) is 2.73. The van der Waals surface area contributed by atoms with E-state index in [9.17, 15) is 4.79 Å². The summed E-state index contributed by atoms with van der Waals surface area (Å²) < 4.78 is 0. The van der Waals surface area contributed by atoms with E-state index in [1.54, 1.807) is 4.90 Å². The summed E-state index contributed by atoms with van der Waals surface area (Å²) in [6, 6.07) is 0. The molecule has 0 saturated carbocycles. The number of carbonyl (C=O) groups excluding carboxylic acids is 1. The Morgan fingerprint density at radius 3 is 2.54 bits per heavy atom. The van der Waals surface area contributed by atoms with E-state index in [0.717, 1.165) is 82.2 Å². The second-order valence-corrected chi connectivity index (χ2v) is 8.37. The van der Waals surface area contributed by atoms with E-state index in [1.807, 2.05) is 6.92 Å². The summed E-state index contributed by atoms with van der Waals surface area (Å²) in [7, 11) is 0. The van der Waals surface area contributed by atoms with E-state index in [2.05, 4.69) is 30.6 Å². The number of quaternary nitrogens is 1. The number of anilines is 1. The molecule has 1 saturated heterocycles. The number of carbonyl (C=O) groups is 1. The fourth-order valence-corrected chi connectivity index (χ4v) is 4.57. The van der Waals surface area contributed by atoms with Crippen LogP contribution in [0.25, 0.3) is 0 Å². The maximum atomic E-state index is 13.1. The summed E-state index contributed by atoms with van der Waals surface area (Å²) in [6.07, 6.45) is 5.07. The molecule has 6 nitrogen and oxygen atoms in total. The Morgan fingerprint density at radius 2 is 1.89 bits per heavy atom. The lowest BCUT2D eigenvalue weighted by atomic mass is 9.96. The van der Waals surface area contributed by atoms with Crippen LogP contribution in [-0.2, 0) is 17.8 Å². The molecule has 1 aromatic rings. The summed E-state index contributed by atoms with van der Waals surface area (Å²) in [5, 5.41) is 0. The molecule has 156 valence electrons. The Kier molecular flexibility index (Phi) is 7.27. The van der Waals surface area contributed by atoms with Gasteiger partial charge in [0, 0.05) is 24.4 Å². The van der Waals surface area contributed by atoms with Gasteiger partial charge in [-0.15, -0.1) is 0 Å². The number of fused-ring (bicyclic) bond motifs is 1. The molecular formula is C22H38N5O+. The lowest BCUT2D eigenvalue weighted by Crippen LogP contribution is -3.14. The van der Waals surface area contributed by atoms with Crippen LogP contribution >= 0.6 is 0 Å². The molecule has 1 aromatic heterocycles. The summed E-state index contributed by atoms with van der Waals surface area (Å²) in [5.74, 6) is 2.42. The van der Waals surface area contributed by atoms with E-state index >= 15 is 0 Å². The Bertz CT molecular complexity index is 669. The number of piperazine rings is 1. The number of rotatable bonds is 7. The van der Waals surface area contributed by atoms with E-state index in [-0.39, 0.29) is 5.92 Å². The fraction of sp³-hybridized carbons (Fsp3) is 0.773. The van der Waals surface area contributed by atoms with Gasteiger partial charge in [0.1, 0.15) is 11.6 Å². The number of hydrogen-bond acceptors (Lipinski definition) is 4. The van der Waals surface area contributed by atoms with Crippen molar-refractivity contribution in [3.05, 3.63) is 17.1 Å². The van der Waals surface area contributed by atoms with Crippen molar-refractivity contribution >= 4 is 11.7 Å². The molecule has 3 heterocycles. The van der Waals surface area contributed by atoms with Gasteiger partial charge in [-0.05, 0) is 26.7 Å². The van der Waals surface area contributed by atoms with Crippen molar-refractivity contribution in [1.82, 2.24) is 14.9 Å². The number of nitrogens with zero attached hydrogens (tertiary/aromatic N) is 4. The SMILES string of the molecule is CCCC[C@@H](CC)C(=O)N1CCc2nc(C)nc(N3CC[NH+](CC)CC3)c2C1. The van der Waals surface area contributed by atoms with E-state index < -0.39 is 0 Å². The maximum Gasteiger partial charge on any atom is 0.225 e. The topological polar surface area (TPSA) is 53.8 Å². The van der Waals surface area contributed by atoms with E-state index in [1.165, 1.54) is 12.1 Å². The highest BCUT2D eigenvalue weighted by Gasteiger charge is 2.31. The van der Waals surface area contributed by atoms with Gasteiger partial charge in [-0.3, -0.25) is 4.79 Å². The van der Waals surface area contributed by atoms with Crippen LogP contribution in [0.4, 0.5) is 5.82 Å². The monoisotopic (exact) mass is 388 g/mol. The zero-order valence-electron chi connectivity index (χ0n) is 18.3. The molecule has 2 aliphatic heterocycles. The molecule has 0 unspecified atom stereocenters. The summed E-state index contributed by atoms with van der Waals surface area (Å²) in [5.41, 5.74) is 2.34. The lowest BCUT2D eigenvalue weighted by molar-refractivity contribution is -0.898. The normalized spacial score (nSPS) is 18.9. The number of nitrogens with one attached hydrogen (secondary N) is 1. The van der Waals surface area contributed by atoms with Crippen LogP contribution in [0.2, 0.25) is 0 Å². The van der Waals surface area contributed by atoms with Crippen molar-refractivity contribution in [1.29, 1.82) is 0 Å². The molecule has 0 aromatic carbocycles. The molecule has 0 radical (unpaired) electrons. The van der Waals surface area contributed by atoms with Gasteiger partial charge in [-0.2, -0.15) is 0 Å². The molecule has 1 fully saturated rings. The first-order chi connectivity index (χ1) is 13.6. The first kappa shape index (κ1) is 21.0. The minimum atomic E-state index is 0.160. The van der Waals surface area contributed by atoms with Gasteiger partial charge in [0.05, 0.1) is 45.0 Å². The Balaban J connectivity index is 1.78. The Morgan fingerprint density at radius 1 is 1.14 bits per heavy atom. The van der Waals surface area contributed by atoms with Gasteiger partial charge >= 0.3 is 0 Å². The number of amides is 1. The summed E-state index contributed by atoms with van der Waals surface area (Å²) >= 11 is 0. The van der Waals surface area contributed by atoms with Crippen LogP contribution in [0.15, 0.2) is 0 Å². The van der Waals surface area contributed by atoms with Crippen LogP contribution in [0.1, 0.15) is 63.5 Å². The van der Waals surface area contributed by atoms with Crippen LogP contribution in [-0.4, -0.2) is 60.0 Å². The molecule has 0 spiro atoms. The quantitative estimate of drug-likeness (QED) is 0.771. The maximum absolute atomic E-state index is 13.1. The van der Waals surface area contributed by atoms with Gasteiger partial charge < -0.3 is 14.7 Å². The minimum absolute atomic E-state index is 0.160. The second-order valence-electron chi connectivity index (χ2n) is 8.37. The van der Waals surface area contributed by atoms with E-state index in [4.69, 9.17) is 9.97 Å². The van der Waals surface area contributed by atoms with Gasteiger partial charge in [-0.25, -0.2) is 9.97 Å². The van der Waals surface area contributed by atoms with E-state index in [0.29, 0.717) is 12.5 Å². The number of aromatic nitrogens is 2. The molecular weight excluding hydrogens is 350 g/mol. The molecule has 1 atom stereocenters. The standard InChI is InChI=1S/C22H37N5O/c1-5-8-9-18(6-2)22(28)27-11-10-20-19(16-27)21(24-17(4)23-20)26-14-12-25(7-3)13-15-26/h18H,5-16H2,1-4H3/p+1/t18-/m1/s1. The Labute approximate surface area is 170 Å². The van der Waals surface area contributed by atoms with Crippen molar-refractivity contribution in [2.75, 3.05) is 44.2 Å². The number of likely N-dealkylation sites (N-methyl/N-ethyl adjacent to an activating group) is 1. The third kappa shape index (κ3) is 4.65. The first-order valence-corrected chi connectivity index (χ1v) is 11.3. The smallest absolute Gasteiger partial charge is 0.225 e. The average molecular weight is 389 g/mol. The number of aryl methyl sites for hydroxylation is 1. The van der Waals surface area contributed by atoms with Gasteiger partial charge in [0.2, 0.25) is 5.91 Å².